The van der Waals surface area contributed by atoms with Gasteiger partial charge >= 0.3 is 5.97 Å². The summed E-state index contributed by atoms with van der Waals surface area (Å²) in [6.45, 7) is 2.22. The van der Waals surface area contributed by atoms with Crippen molar-refractivity contribution in [2.45, 2.75) is 58.0 Å². The van der Waals surface area contributed by atoms with E-state index in [-0.39, 0.29) is 17.9 Å². The van der Waals surface area contributed by atoms with E-state index in [1.54, 1.807) is 18.2 Å². The minimum absolute atomic E-state index is 0.0951. The number of rotatable bonds is 7. The summed E-state index contributed by atoms with van der Waals surface area (Å²) in [5, 5.41) is 5.42. The third-order valence-corrected chi connectivity index (χ3v) is 7.62. The number of nitrogens with one attached hydrogen (secondary N) is 2. The number of carbonyl (C=O) groups excluding carboxylic acids is 3. The molecule has 178 valence electrons. The van der Waals surface area contributed by atoms with Crippen molar-refractivity contribution in [3.63, 3.8) is 0 Å². The summed E-state index contributed by atoms with van der Waals surface area (Å²) < 4.78 is 16.2. The topological polar surface area (TPSA) is 103 Å². The number of hydrogen-bond donors (Lipinski definition) is 2. The van der Waals surface area contributed by atoms with Crippen LogP contribution in [0.5, 0.6) is 11.5 Å². The molecule has 0 saturated heterocycles. The van der Waals surface area contributed by atoms with Gasteiger partial charge in [-0.15, -0.1) is 0 Å². The summed E-state index contributed by atoms with van der Waals surface area (Å²) in [6.07, 6.45) is 6.93. The minimum atomic E-state index is -0.995. The van der Waals surface area contributed by atoms with Crippen LogP contribution in [0.1, 0.15) is 51.9 Å². The first-order valence-electron chi connectivity index (χ1n) is 12.0. The Morgan fingerprint density at radius 3 is 2.33 bits per heavy atom. The molecular formula is C25H32N2O6. The molecular weight excluding hydrogens is 424 g/mol. The average Bonchev–Trinajstić information content (AvgIpc) is 2.76. The molecule has 0 radical (unpaired) electrons. The van der Waals surface area contributed by atoms with Crippen LogP contribution in [-0.4, -0.2) is 43.6 Å². The first-order valence-corrected chi connectivity index (χ1v) is 12.0. The van der Waals surface area contributed by atoms with Gasteiger partial charge in [0.1, 0.15) is 19.8 Å². The van der Waals surface area contributed by atoms with E-state index < -0.39 is 18.0 Å². The summed E-state index contributed by atoms with van der Waals surface area (Å²) in [6, 6.07) is 5.09. The molecule has 4 saturated carbocycles. The molecule has 4 aliphatic carbocycles. The van der Waals surface area contributed by atoms with Gasteiger partial charge in [-0.2, -0.15) is 0 Å². The van der Waals surface area contributed by atoms with E-state index >= 15 is 0 Å². The lowest BCUT2D eigenvalue weighted by Crippen LogP contribution is -2.48. The highest BCUT2D eigenvalue weighted by molar-refractivity contribution is 5.95. The molecule has 8 heteroatoms. The van der Waals surface area contributed by atoms with Crippen LogP contribution < -0.4 is 20.1 Å². The normalized spacial score (nSPS) is 29.8. The Bertz CT molecular complexity index is 910. The second kappa shape index (κ2) is 8.88. The van der Waals surface area contributed by atoms with Crippen molar-refractivity contribution in [1.82, 2.24) is 5.32 Å². The zero-order chi connectivity index (χ0) is 23.0. The number of amides is 2. The summed E-state index contributed by atoms with van der Waals surface area (Å²) in [5.74, 6) is 2.35. The lowest BCUT2D eigenvalue weighted by Gasteiger charge is -2.56. The van der Waals surface area contributed by atoms with Crippen molar-refractivity contribution in [3.05, 3.63) is 18.2 Å². The van der Waals surface area contributed by atoms with E-state index in [0.717, 1.165) is 37.0 Å². The summed E-state index contributed by atoms with van der Waals surface area (Å²) in [5.41, 5.74) is 0.649. The van der Waals surface area contributed by atoms with Crippen molar-refractivity contribution in [2.75, 3.05) is 25.1 Å². The highest BCUT2D eigenvalue weighted by Crippen LogP contribution is 2.61. The lowest BCUT2D eigenvalue weighted by atomic mass is 9.49. The van der Waals surface area contributed by atoms with Crippen molar-refractivity contribution in [1.29, 1.82) is 0 Å². The Kier molecular flexibility index (Phi) is 5.93. The highest BCUT2D eigenvalue weighted by atomic mass is 16.6. The second-order valence-electron chi connectivity index (χ2n) is 10.4. The van der Waals surface area contributed by atoms with Gasteiger partial charge in [0.2, 0.25) is 5.91 Å². The molecule has 1 heterocycles. The summed E-state index contributed by atoms with van der Waals surface area (Å²) in [7, 11) is 0. The fourth-order valence-electron chi connectivity index (χ4n) is 6.74. The number of esters is 1. The molecule has 0 spiro atoms. The van der Waals surface area contributed by atoms with Crippen molar-refractivity contribution in [2.24, 2.45) is 23.2 Å². The lowest BCUT2D eigenvalue weighted by molar-refractivity contribution is -0.153. The van der Waals surface area contributed by atoms with Crippen LogP contribution in [0, 0.1) is 23.2 Å². The van der Waals surface area contributed by atoms with E-state index in [9.17, 15) is 14.4 Å². The van der Waals surface area contributed by atoms with Crippen LogP contribution >= 0.6 is 0 Å². The standard InChI is InChI=1S/C25H32N2O6/c1-15(24(30)27-19-2-3-20-21(9-19)32-5-4-31-20)33-23(29)14-26-22(28)13-25-10-16-6-17(11-25)8-18(7-16)12-25/h2-3,9,15-18H,4-8,10-14H2,1H3,(H,26,28)(H,27,30). The van der Waals surface area contributed by atoms with Gasteiger partial charge in [0, 0.05) is 18.2 Å². The van der Waals surface area contributed by atoms with Crippen LogP contribution in [0.25, 0.3) is 0 Å². The van der Waals surface area contributed by atoms with Crippen molar-refractivity contribution in [3.8, 4) is 11.5 Å². The first kappa shape index (κ1) is 22.0. The molecule has 2 amide bonds. The molecule has 8 nitrogen and oxygen atoms in total. The Balaban J connectivity index is 1.06. The second-order valence-corrected chi connectivity index (χ2v) is 10.4. The molecule has 1 aromatic rings. The third kappa shape index (κ3) is 4.94. The predicted molar refractivity (Wildman–Crippen MR) is 120 cm³/mol. The van der Waals surface area contributed by atoms with E-state index in [4.69, 9.17) is 14.2 Å². The number of ether oxygens (including phenoxy) is 3. The number of hydrogen-bond acceptors (Lipinski definition) is 6. The van der Waals surface area contributed by atoms with Gasteiger partial charge in [0.25, 0.3) is 5.91 Å². The molecule has 1 aromatic carbocycles. The summed E-state index contributed by atoms with van der Waals surface area (Å²) in [4.78, 5) is 37.2. The Morgan fingerprint density at radius 2 is 1.67 bits per heavy atom. The molecule has 33 heavy (non-hydrogen) atoms. The molecule has 1 aliphatic heterocycles. The van der Waals surface area contributed by atoms with Gasteiger partial charge in [-0.3, -0.25) is 14.4 Å². The predicted octanol–water partition coefficient (Wildman–Crippen LogP) is 3.05. The third-order valence-electron chi connectivity index (χ3n) is 7.62. The van der Waals surface area contributed by atoms with Crippen LogP contribution in [0.3, 0.4) is 0 Å². The van der Waals surface area contributed by atoms with Crippen LogP contribution in [0.4, 0.5) is 5.69 Å². The maximum atomic E-state index is 12.6. The molecule has 1 unspecified atom stereocenters. The number of benzene rings is 1. The van der Waals surface area contributed by atoms with Crippen LogP contribution in [0.15, 0.2) is 18.2 Å². The van der Waals surface area contributed by atoms with Gasteiger partial charge in [-0.1, -0.05) is 0 Å². The van der Waals surface area contributed by atoms with Crippen molar-refractivity contribution < 1.29 is 28.6 Å². The van der Waals surface area contributed by atoms with E-state index in [2.05, 4.69) is 10.6 Å². The average molecular weight is 457 g/mol. The molecule has 4 bridgehead atoms. The molecule has 5 aliphatic rings. The maximum absolute atomic E-state index is 12.6. The molecule has 6 rings (SSSR count). The van der Waals surface area contributed by atoms with Crippen molar-refractivity contribution >= 4 is 23.5 Å². The largest absolute Gasteiger partial charge is 0.486 e. The zero-order valence-corrected chi connectivity index (χ0v) is 19.1. The van der Waals surface area contributed by atoms with Crippen LogP contribution in [-0.2, 0) is 19.1 Å². The molecule has 0 aromatic heterocycles. The Hall–Kier alpha value is -2.77. The smallest absolute Gasteiger partial charge is 0.326 e. The summed E-state index contributed by atoms with van der Waals surface area (Å²) >= 11 is 0. The number of carbonyl (C=O) groups is 3. The number of fused-ring (bicyclic) bond motifs is 1. The molecule has 2 N–H and O–H groups in total. The van der Waals surface area contributed by atoms with Gasteiger partial charge in [0.15, 0.2) is 17.6 Å². The molecule has 4 fully saturated rings. The van der Waals surface area contributed by atoms with E-state index in [1.165, 1.54) is 26.2 Å². The fraction of sp³-hybridized carbons (Fsp3) is 0.640. The SMILES string of the molecule is CC(OC(=O)CNC(=O)CC12CC3CC(CC(C3)C1)C2)C(=O)Nc1ccc2c(c1)OCCO2. The van der Waals surface area contributed by atoms with Gasteiger partial charge in [0.05, 0.1) is 0 Å². The highest BCUT2D eigenvalue weighted by Gasteiger charge is 2.51. The van der Waals surface area contributed by atoms with E-state index in [1.807, 2.05) is 0 Å². The number of anilines is 1. The zero-order valence-electron chi connectivity index (χ0n) is 19.1. The molecule has 1 atom stereocenters. The van der Waals surface area contributed by atoms with Gasteiger partial charge in [-0.25, -0.2) is 0 Å². The van der Waals surface area contributed by atoms with E-state index in [0.29, 0.717) is 36.8 Å². The quantitative estimate of drug-likeness (QED) is 0.612. The van der Waals surface area contributed by atoms with Gasteiger partial charge in [-0.05, 0) is 80.8 Å². The van der Waals surface area contributed by atoms with Gasteiger partial charge < -0.3 is 24.8 Å². The monoisotopic (exact) mass is 456 g/mol. The maximum Gasteiger partial charge on any atom is 0.326 e. The Morgan fingerprint density at radius 1 is 1.03 bits per heavy atom. The van der Waals surface area contributed by atoms with Crippen LogP contribution in [0.2, 0.25) is 0 Å². The fourth-order valence-corrected chi connectivity index (χ4v) is 6.74. The Labute approximate surface area is 193 Å². The minimum Gasteiger partial charge on any atom is -0.486 e. The first-order chi connectivity index (χ1) is 15.9.